The number of rotatable bonds is 4. The monoisotopic (exact) mass is 457 g/mol. The molecular formula is C26H23N3O5. The minimum atomic E-state index is -1.05. The van der Waals surface area contributed by atoms with Gasteiger partial charge in [-0.2, -0.15) is 5.26 Å². The third-order valence-electron chi connectivity index (χ3n) is 6.51. The number of piperidine rings is 1. The Balaban J connectivity index is 1.36. The van der Waals surface area contributed by atoms with Crippen molar-refractivity contribution in [3.8, 4) is 23.3 Å². The van der Waals surface area contributed by atoms with Crippen LogP contribution in [0.25, 0.3) is 5.69 Å². The number of benzene rings is 2. The molecule has 0 aliphatic carbocycles. The van der Waals surface area contributed by atoms with Crippen LogP contribution >= 0.6 is 0 Å². The van der Waals surface area contributed by atoms with E-state index in [0.717, 1.165) is 17.1 Å². The van der Waals surface area contributed by atoms with E-state index in [0.29, 0.717) is 48.5 Å². The summed E-state index contributed by atoms with van der Waals surface area (Å²) in [4.78, 5) is 25.7. The Morgan fingerprint density at radius 1 is 1.15 bits per heavy atom. The van der Waals surface area contributed by atoms with Crippen LogP contribution < -0.4 is 9.47 Å². The van der Waals surface area contributed by atoms with Gasteiger partial charge in [-0.25, -0.2) is 4.79 Å². The predicted molar refractivity (Wildman–Crippen MR) is 122 cm³/mol. The lowest BCUT2D eigenvalue weighted by molar-refractivity contribution is -0.139. The fourth-order valence-corrected chi connectivity index (χ4v) is 4.83. The van der Waals surface area contributed by atoms with Gasteiger partial charge in [0.15, 0.2) is 12.2 Å². The summed E-state index contributed by atoms with van der Waals surface area (Å²) in [6, 6.07) is 18.7. The molecule has 2 aliphatic heterocycles. The summed E-state index contributed by atoms with van der Waals surface area (Å²) in [5.41, 5.74) is 2.97. The molecule has 2 aromatic carbocycles. The molecule has 1 spiro atoms. The number of ether oxygens (including phenoxy) is 2. The Kier molecular flexibility index (Phi) is 5.25. The highest BCUT2D eigenvalue weighted by Gasteiger charge is 2.45. The van der Waals surface area contributed by atoms with Crippen LogP contribution in [0.2, 0.25) is 0 Å². The number of amides is 1. The first kappa shape index (κ1) is 21.6. The number of carboxylic acid groups (broad SMARTS) is 1. The molecule has 0 saturated carbocycles. The standard InChI is InChI=1S/C26H23N3O5/c1-17-14-18(6-8-21(17)33-16-24(30)31)25(32)28-12-10-26(11-13-28)23-9-7-19(15-27)29(23)20-4-2-3-5-22(20)34-26/h2-9,14H,10-13,16H2,1H3,(H,30,31). The minimum absolute atomic E-state index is 0.0907. The highest BCUT2D eigenvalue weighted by molar-refractivity contribution is 5.94. The number of aliphatic carboxylic acids is 1. The highest BCUT2D eigenvalue weighted by atomic mass is 16.5. The maximum atomic E-state index is 13.2. The molecule has 8 heteroatoms. The van der Waals surface area contributed by atoms with Gasteiger partial charge in [0.25, 0.3) is 5.91 Å². The maximum Gasteiger partial charge on any atom is 0.341 e. The zero-order chi connectivity index (χ0) is 23.9. The third-order valence-corrected chi connectivity index (χ3v) is 6.51. The Hall–Kier alpha value is -4.25. The summed E-state index contributed by atoms with van der Waals surface area (Å²) < 4.78 is 13.8. The molecule has 0 bridgehead atoms. The summed E-state index contributed by atoms with van der Waals surface area (Å²) in [7, 11) is 0. The largest absolute Gasteiger partial charge is 0.482 e. The molecule has 0 radical (unpaired) electrons. The summed E-state index contributed by atoms with van der Waals surface area (Å²) in [6.07, 6.45) is 1.20. The number of nitriles is 1. The Bertz CT molecular complexity index is 1330. The predicted octanol–water partition coefficient (Wildman–Crippen LogP) is 3.64. The summed E-state index contributed by atoms with van der Waals surface area (Å²) in [6.45, 7) is 2.36. The van der Waals surface area contributed by atoms with Gasteiger partial charge in [0.05, 0.1) is 11.4 Å². The number of carboxylic acids is 1. The van der Waals surface area contributed by atoms with Crippen molar-refractivity contribution >= 4 is 11.9 Å². The second kappa shape index (κ2) is 8.27. The minimum Gasteiger partial charge on any atom is -0.482 e. The van der Waals surface area contributed by atoms with E-state index < -0.39 is 18.2 Å². The number of para-hydroxylation sites is 2. The van der Waals surface area contributed by atoms with Gasteiger partial charge in [-0.15, -0.1) is 0 Å². The van der Waals surface area contributed by atoms with Crippen molar-refractivity contribution in [3.63, 3.8) is 0 Å². The fraction of sp³-hybridized carbons (Fsp3) is 0.269. The zero-order valence-electron chi connectivity index (χ0n) is 18.7. The van der Waals surface area contributed by atoms with E-state index in [2.05, 4.69) is 6.07 Å². The molecule has 1 fully saturated rings. The third kappa shape index (κ3) is 3.55. The van der Waals surface area contributed by atoms with Crippen LogP contribution in [-0.4, -0.2) is 46.1 Å². The molecule has 1 N–H and O–H groups in total. The molecule has 1 saturated heterocycles. The van der Waals surface area contributed by atoms with E-state index in [9.17, 15) is 14.9 Å². The number of aryl methyl sites for hydroxylation is 1. The maximum absolute atomic E-state index is 13.2. The van der Waals surface area contributed by atoms with E-state index in [4.69, 9.17) is 14.6 Å². The fourth-order valence-electron chi connectivity index (χ4n) is 4.83. The normalized spacial score (nSPS) is 15.6. The number of fused-ring (bicyclic) bond motifs is 4. The molecule has 34 heavy (non-hydrogen) atoms. The Labute approximate surface area is 196 Å². The van der Waals surface area contributed by atoms with Gasteiger partial charge >= 0.3 is 5.97 Å². The molecule has 3 aromatic rings. The second-order valence-electron chi connectivity index (χ2n) is 8.57. The first-order chi connectivity index (χ1) is 16.4. The van der Waals surface area contributed by atoms with Crippen molar-refractivity contribution in [2.45, 2.75) is 25.4 Å². The number of carbonyl (C=O) groups is 2. The van der Waals surface area contributed by atoms with Crippen molar-refractivity contribution < 1.29 is 24.2 Å². The summed E-state index contributed by atoms with van der Waals surface area (Å²) >= 11 is 0. The average molecular weight is 457 g/mol. The lowest BCUT2D eigenvalue weighted by Gasteiger charge is -2.45. The van der Waals surface area contributed by atoms with Gasteiger partial charge in [0.2, 0.25) is 0 Å². The van der Waals surface area contributed by atoms with Crippen molar-refractivity contribution in [2.75, 3.05) is 19.7 Å². The van der Waals surface area contributed by atoms with Crippen molar-refractivity contribution in [2.24, 2.45) is 0 Å². The van der Waals surface area contributed by atoms with Gasteiger partial charge in [-0.1, -0.05) is 12.1 Å². The van der Waals surface area contributed by atoms with Crippen LogP contribution in [0, 0.1) is 18.3 Å². The number of hydrogen-bond donors (Lipinski definition) is 1. The van der Waals surface area contributed by atoms with Crippen LogP contribution in [0.4, 0.5) is 0 Å². The van der Waals surface area contributed by atoms with Crippen LogP contribution in [0.15, 0.2) is 54.6 Å². The van der Waals surface area contributed by atoms with E-state index in [1.807, 2.05) is 41.0 Å². The SMILES string of the molecule is Cc1cc(C(=O)N2CCC3(CC2)Oc2ccccc2-n2c(C#N)ccc23)ccc1OCC(=O)O. The molecule has 2 aliphatic rings. The second-order valence-corrected chi connectivity index (χ2v) is 8.57. The number of nitrogens with zero attached hydrogens (tertiary/aromatic N) is 3. The lowest BCUT2D eigenvalue weighted by atomic mass is 9.86. The summed E-state index contributed by atoms with van der Waals surface area (Å²) in [5.74, 6) is 0.0318. The van der Waals surface area contributed by atoms with Crippen molar-refractivity contribution in [1.82, 2.24) is 9.47 Å². The van der Waals surface area contributed by atoms with Crippen molar-refractivity contribution in [1.29, 1.82) is 5.26 Å². The Morgan fingerprint density at radius 3 is 2.62 bits per heavy atom. The smallest absolute Gasteiger partial charge is 0.341 e. The van der Waals surface area contributed by atoms with Crippen LogP contribution in [-0.2, 0) is 10.4 Å². The average Bonchev–Trinajstić information content (AvgIpc) is 3.29. The molecule has 172 valence electrons. The first-order valence-electron chi connectivity index (χ1n) is 11.1. The molecule has 0 atom stereocenters. The zero-order valence-corrected chi connectivity index (χ0v) is 18.7. The molecule has 3 heterocycles. The van der Waals surface area contributed by atoms with Crippen molar-refractivity contribution in [3.05, 3.63) is 77.1 Å². The van der Waals surface area contributed by atoms with E-state index in [1.165, 1.54) is 0 Å². The van der Waals surface area contributed by atoms with Crippen LogP contribution in [0.3, 0.4) is 0 Å². The Morgan fingerprint density at radius 2 is 1.91 bits per heavy atom. The van der Waals surface area contributed by atoms with Gasteiger partial charge in [0, 0.05) is 31.5 Å². The number of carbonyl (C=O) groups excluding carboxylic acids is 1. The van der Waals surface area contributed by atoms with Gasteiger partial charge in [0.1, 0.15) is 23.3 Å². The molecule has 0 unspecified atom stereocenters. The molecule has 1 aromatic heterocycles. The van der Waals surface area contributed by atoms with E-state index in [1.54, 1.807) is 30.0 Å². The van der Waals surface area contributed by atoms with Gasteiger partial charge in [-0.05, 0) is 55.0 Å². The quantitative estimate of drug-likeness (QED) is 0.641. The lowest BCUT2D eigenvalue weighted by Crippen LogP contribution is -2.50. The topological polar surface area (TPSA) is 105 Å². The molecule has 8 nitrogen and oxygen atoms in total. The molecular weight excluding hydrogens is 434 g/mol. The highest BCUT2D eigenvalue weighted by Crippen LogP contribution is 2.46. The van der Waals surface area contributed by atoms with Gasteiger partial charge < -0.3 is 19.5 Å². The number of hydrogen-bond acceptors (Lipinski definition) is 5. The van der Waals surface area contributed by atoms with Crippen LogP contribution in [0.1, 0.15) is 40.2 Å². The molecule has 5 rings (SSSR count). The molecule has 1 amide bonds. The van der Waals surface area contributed by atoms with Gasteiger partial charge in [-0.3, -0.25) is 9.36 Å². The first-order valence-corrected chi connectivity index (χ1v) is 11.1. The number of aromatic nitrogens is 1. The number of likely N-dealkylation sites (tertiary alicyclic amines) is 1. The van der Waals surface area contributed by atoms with Crippen LogP contribution in [0.5, 0.6) is 11.5 Å². The summed E-state index contributed by atoms with van der Waals surface area (Å²) in [5, 5.41) is 18.4. The van der Waals surface area contributed by atoms with E-state index in [-0.39, 0.29) is 5.91 Å². The van der Waals surface area contributed by atoms with E-state index >= 15 is 0 Å².